The second-order valence-electron chi connectivity index (χ2n) is 8.84. The zero-order valence-corrected chi connectivity index (χ0v) is 19.7. The summed E-state index contributed by atoms with van der Waals surface area (Å²) in [5.74, 6) is -0.754. The molecule has 1 aromatic carbocycles. The van der Waals surface area contributed by atoms with Crippen LogP contribution in [0.1, 0.15) is 42.9 Å². The van der Waals surface area contributed by atoms with Crippen molar-refractivity contribution in [1.82, 2.24) is 14.8 Å². The van der Waals surface area contributed by atoms with Gasteiger partial charge in [-0.3, -0.25) is 4.79 Å². The van der Waals surface area contributed by atoms with Crippen LogP contribution in [0.3, 0.4) is 0 Å². The first kappa shape index (κ1) is 23.3. The van der Waals surface area contributed by atoms with E-state index in [1.165, 1.54) is 17.0 Å². The SMILES string of the molecule is CN(C)C(=O)c1cccc(NC2=NS(=O)(=O)N=C2NC(c2cccn2C)C(C)(C)C)c1O. The van der Waals surface area contributed by atoms with E-state index in [-0.39, 0.29) is 40.1 Å². The smallest absolute Gasteiger partial charge is 0.367 e. The second-order valence-corrected chi connectivity index (χ2v) is 10.1. The predicted molar refractivity (Wildman–Crippen MR) is 124 cm³/mol. The average Bonchev–Trinajstić information content (AvgIpc) is 3.21. The molecule has 32 heavy (non-hydrogen) atoms. The summed E-state index contributed by atoms with van der Waals surface area (Å²) in [6.07, 6.45) is 1.90. The largest absolute Gasteiger partial charge is 0.505 e. The Morgan fingerprint density at radius 2 is 1.78 bits per heavy atom. The van der Waals surface area contributed by atoms with Crippen LogP contribution in [0.5, 0.6) is 5.75 Å². The fourth-order valence-corrected chi connectivity index (χ4v) is 4.12. The number of rotatable bonds is 4. The van der Waals surface area contributed by atoms with Gasteiger partial charge >= 0.3 is 10.2 Å². The number of hydrogen-bond acceptors (Lipinski definition) is 6. The summed E-state index contributed by atoms with van der Waals surface area (Å²) in [7, 11) is 0.944. The van der Waals surface area contributed by atoms with E-state index in [0.717, 1.165) is 5.69 Å². The zero-order valence-electron chi connectivity index (χ0n) is 18.9. The van der Waals surface area contributed by atoms with Gasteiger partial charge in [-0.05, 0) is 29.7 Å². The van der Waals surface area contributed by atoms with Gasteiger partial charge in [-0.15, -0.1) is 8.80 Å². The van der Waals surface area contributed by atoms with Crippen LogP contribution in [0, 0.1) is 5.41 Å². The molecule has 1 unspecified atom stereocenters. The number of carbonyl (C=O) groups excluding carboxylic acids is 1. The number of phenolic OH excluding ortho intramolecular Hbond substituents is 1. The van der Waals surface area contributed by atoms with Gasteiger partial charge in [0.1, 0.15) is 0 Å². The Morgan fingerprint density at radius 1 is 1.12 bits per heavy atom. The van der Waals surface area contributed by atoms with Crippen molar-refractivity contribution in [3.63, 3.8) is 0 Å². The number of phenols is 1. The Balaban J connectivity index is 1.96. The lowest BCUT2D eigenvalue weighted by atomic mass is 9.84. The molecule has 0 fully saturated rings. The van der Waals surface area contributed by atoms with E-state index in [4.69, 9.17) is 0 Å². The molecule has 0 bridgehead atoms. The Hall–Kier alpha value is -3.34. The van der Waals surface area contributed by atoms with Crippen LogP contribution in [0.4, 0.5) is 5.69 Å². The summed E-state index contributed by atoms with van der Waals surface area (Å²) in [5, 5.41) is 16.6. The Kier molecular flexibility index (Phi) is 6.05. The maximum Gasteiger partial charge on any atom is 0.367 e. The molecule has 0 spiro atoms. The molecule has 3 N–H and O–H groups in total. The molecule has 2 heterocycles. The average molecular weight is 461 g/mol. The van der Waals surface area contributed by atoms with Crippen LogP contribution in [-0.4, -0.2) is 54.7 Å². The number of amides is 1. The van der Waals surface area contributed by atoms with Crippen LogP contribution < -0.4 is 10.6 Å². The van der Waals surface area contributed by atoms with Gasteiger partial charge in [0.15, 0.2) is 17.4 Å². The molecule has 1 atom stereocenters. The molecule has 0 saturated heterocycles. The minimum Gasteiger partial charge on any atom is -0.505 e. The molecule has 0 saturated carbocycles. The molecule has 1 aromatic heterocycles. The summed E-state index contributed by atoms with van der Waals surface area (Å²) in [6.45, 7) is 6.07. The molecule has 1 amide bonds. The van der Waals surface area contributed by atoms with E-state index in [1.807, 2.05) is 50.7 Å². The van der Waals surface area contributed by atoms with Crippen LogP contribution in [0.25, 0.3) is 0 Å². The first-order valence-electron chi connectivity index (χ1n) is 9.94. The second kappa shape index (κ2) is 8.30. The highest BCUT2D eigenvalue weighted by Gasteiger charge is 2.33. The molecule has 3 rings (SSSR count). The topological polar surface area (TPSA) is 128 Å². The standard InChI is InChI=1S/C21H28N6O4S/c1-21(2,3)17(15-11-8-12-27(15)6)23-19-18(24-32(30,31)25-19)22-14-10-7-9-13(16(14)28)20(29)26(4)5/h7-12,17,28H,1-6H3,(H,22,24)(H,23,25). The van der Waals surface area contributed by atoms with Crippen molar-refractivity contribution in [2.45, 2.75) is 26.8 Å². The molecule has 2 aromatic rings. The number of hydrogen-bond donors (Lipinski definition) is 3. The van der Waals surface area contributed by atoms with Gasteiger partial charge in [0.05, 0.1) is 17.3 Å². The normalized spacial score (nSPS) is 16.2. The van der Waals surface area contributed by atoms with Gasteiger partial charge in [0.25, 0.3) is 5.91 Å². The fourth-order valence-electron chi connectivity index (χ4n) is 3.34. The Labute approximate surface area is 187 Å². The first-order valence-corrected chi connectivity index (χ1v) is 11.3. The number of aromatic hydroxyl groups is 1. The highest BCUT2D eigenvalue weighted by Crippen LogP contribution is 2.34. The maximum atomic E-state index is 12.3. The Morgan fingerprint density at radius 3 is 2.34 bits per heavy atom. The van der Waals surface area contributed by atoms with Gasteiger partial charge in [0.2, 0.25) is 0 Å². The first-order chi connectivity index (χ1) is 14.8. The summed E-state index contributed by atoms with van der Waals surface area (Å²) < 4.78 is 33.8. The van der Waals surface area contributed by atoms with Crippen molar-refractivity contribution >= 4 is 33.5 Å². The number of nitrogens with one attached hydrogen (secondary N) is 2. The van der Waals surface area contributed by atoms with Crippen LogP contribution in [0.2, 0.25) is 0 Å². The monoisotopic (exact) mass is 460 g/mol. The highest BCUT2D eigenvalue weighted by molar-refractivity contribution is 7.89. The quantitative estimate of drug-likeness (QED) is 0.601. The number of nitrogens with zero attached hydrogens (tertiary/aromatic N) is 4. The minimum atomic E-state index is -4.10. The lowest BCUT2D eigenvalue weighted by Gasteiger charge is -2.32. The molecule has 1 aliphatic rings. The number of para-hydroxylation sites is 1. The van der Waals surface area contributed by atoms with Gasteiger partial charge in [-0.1, -0.05) is 26.8 Å². The summed E-state index contributed by atoms with van der Waals surface area (Å²) in [5.41, 5.74) is 0.843. The van der Waals surface area contributed by atoms with E-state index in [2.05, 4.69) is 19.4 Å². The predicted octanol–water partition coefficient (Wildman–Crippen LogP) is 2.28. The summed E-state index contributed by atoms with van der Waals surface area (Å²) in [4.78, 5) is 13.6. The fraction of sp³-hybridized carbons (Fsp3) is 0.381. The lowest BCUT2D eigenvalue weighted by molar-refractivity contribution is 0.0824. The van der Waals surface area contributed by atoms with Crippen molar-refractivity contribution in [1.29, 1.82) is 0 Å². The molecular formula is C21H28N6O4S. The van der Waals surface area contributed by atoms with Gasteiger partial charge in [0, 0.05) is 33.0 Å². The van der Waals surface area contributed by atoms with Crippen LogP contribution in [0.15, 0.2) is 45.3 Å². The van der Waals surface area contributed by atoms with Crippen molar-refractivity contribution in [3.05, 3.63) is 47.8 Å². The van der Waals surface area contributed by atoms with E-state index in [0.29, 0.717) is 0 Å². The number of aryl methyl sites for hydroxylation is 1. The van der Waals surface area contributed by atoms with E-state index < -0.39 is 16.1 Å². The van der Waals surface area contributed by atoms with Gasteiger partial charge in [-0.2, -0.15) is 8.42 Å². The van der Waals surface area contributed by atoms with E-state index in [9.17, 15) is 18.3 Å². The molecular weight excluding hydrogens is 432 g/mol. The van der Waals surface area contributed by atoms with E-state index >= 15 is 0 Å². The molecule has 0 radical (unpaired) electrons. The van der Waals surface area contributed by atoms with Crippen molar-refractivity contribution < 1.29 is 18.3 Å². The minimum absolute atomic E-state index is 0.0230. The molecule has 172 valence electrons. The van der Waals surface area contributed by atoms with Crippen molar-refractivity contribution in [2.24, 2.45) is 21.3 Å². The number of carbonyl (C=O) groups is 1. The maximum absolute atomic E-state index is 12.3. The summed E-state index contributed by atoms with van der Waals surface area (Å²) >= 11 is 0. The van der Waals surface area contributed by atoms with Gasteiger partial charge < -0.3 is 25.2 Å². The number of benzene rings is 1. The van der Waals surface area contributed by atoms with Crippen LogP contribution >= 0.6 is 0 Å². The molecule has 10 nitrogen and oxygen atoms in total. The van der Waals surface area contributed by atoms with Crippen molar-refractivity contribution in [3.8, 4) is 5.75 Å². The molecule has 1 aliphatic heterocycles. The van der Waals surface area contributed by atoms with Gasteiger partial charge in [-0.25, -0.2) is 0 Å². The van der Waals surface area contributed by atoms with E-state index in [1.54, 1.807) is 20.2 Å². The lowest BCUT2D eigenvalue weighted by Crippen LogP contribution is -2.42. The number of anilines is 1. The molecule has 11 heteroatoms. The third-order valence-electron chi connectivity index (χ3n) is 4.99. The number of aromatic nitrogens is 1. The third kappa shape index (κ3) is 4.77. The molecule has 0 aliphatic carbocycles. The van der Waals surface area contributed by atoms with Crippen molar-refractivity contribution in [2.75, 3.05) is 19.4 Å². The third-order valence-corrected chi connectivity index (χ3v) is 5.82. The summed E-state index contributed by atoms with van der Waals surface area (Å²) in [6, 6.07) is 8.13. The Bertz CT molecular complexity index is 1210. The van der Waals surface area contributed by atoms with Crippen LogP contribution in [-0.2, 0) is 17.3 Å². The zero-order chi connectivity index (χ0) is 23.8. The highest BCUT2D eigenvalue weighted by atomic mass is 32.2. The number of amidine groups is 2.